The molecule has 0 spiro atoms. The number of methoxy groups -OCH3 is 1. The molecule has 0 aliphatic carbocycles. The molecule has 21 heavy (non-hydrogen) atoms. The van der Waals surface area contributed by atoms with Gasteiger partial charge in [-0.1, -0.05) is 0 Å². The quantitative estimate of drug-likeness (QED) is 0.888. The van der Waals surface area contributed by atoms with Gasteiger partial charge in [0.25, 0.3) is 0 Å². The Morgan fingerprint density at radius 3 is 2.62 bits per heavy atom. The minimum absolute atomic E-state index is 0.0584. The lowest BCUT2D eigenvalue weighted by molar-refractivity contribution is 0.171. The molecule has 0 unspecified atom stereocenters. The molecule has 2 aliphatic heterocycles. The van der Waals surface area contributed by atoms with Crippen LogP contribution >= 0.6 is 0 Å². The number of hydrogen-bond donors (Lipinski definition) is 1. The molecule has 1 aromatic carbocycles. The fourth-order valence-corrected chi connectivity index (χ4v) is 3.39. The topological polar surface area (TPSA) is 77.1 Å². The Hall–Kier alpha value is -1.67. The number of ether oxygens (including phenoxy) is 3. The molecule has 116 valence electrons. The van der Waals surface area contributed by atoms with E-state index >= 15 is 0 Å². The third-order valence-corrected chi connectivity index (χ3v) is 4.22. The molecule has 8 heteroatoms. The van der Waals surface area contributed by atoms with Crippen molar-refractivity contribution in [3.63, 3.8) is 0 Å². The normalized spacial score (nSPS) is 17.5. The maximum Gasteiger partial charge on any atom is 0.231 e. The fourth-order valence-electron chi connectivity index (χ4n) is 2.80. The first-order chi connectivity index (χ1) is 9.90. The number of hydrogen-bond acceptors (Lipinski definition) is 6. The molecule has 0 fully saturated rings. The monoisotopic (exact) mass is 314 g/mol. The number of rotatable bonds is 3. The highest BCUT2D eigenvalue weighted by atomic mass is 32.2. The van der Waals surface area contributed by atoms with Crippen LogP contribution < -0.4 is 18.9 Å². The molecule has 1 N–H and O–H groups in total. The Balaban J connectivity index is 2.24. The summed E-state index contributed by atoms with van der Waals surface area (Å²) in [5.41, 5.74) is 2.34. The van der Waals surface area contributed by atoms with Gasteiger partial charge in [0.1, 0.15) is 0 Å². The molecule has 1 aromatic rings. The van der Waals surface area contributed by atoms with Crippen LogP contribution in [-0.2, 0) is 23.0 Å². The van der Waals surface area contributed by atoms with Crippen LogP contribution in [0.1, 0.15) is 11.1 Å². The Kier molecular flexibility index (Phi) is 3.37. The third-order valence-electron chi connectivity index (χ3n) is 3.65. The molecule has 0 aromatic heterocycles. The van der Waals surface area contributed by atoms with Crippen molar-refractivity contribution in [1.82, 2.24) is 4.90 Å². The second-order valence-electron chi connectivity index (χ2n) is 5.29. The number of likely N-dealkylation sites (N-methyl/N-ethyl adjacent to an activating group) is 1. The second kappa shape index (κ2) is 4.96. The van der Waals surface area contributed by atoms with Crippen molar-refractivity contribution in [3.8, 4) is 17.2 Å². The smallest absolute Gasteiger partial charge is 0.231 e. The number of nitrogens with zero attached hydrogens (tertiary/aromatic N) is 1. The lowest BCUT2D eigenvalue weighted by atomic mass is 9.96. The predicted octanol–water partition coefficient (Wildman–Crippen LogP) is 0.783. The Bertz CT molecular complexity index is 687. The molecule has 2 aliphatic rings. The van der Waals surface area contributed by atoms with E-state index in [1.165, 1.54) is 0 Å². The van der Waals surface area contributed by atoms with E-state index in [2.05, 4.69) is 9.62 Å². The van der Waals surface area contributed by atoms with Crippen molar-refractivity contribution in [2.45, 2.75) is 13.0 Å². The van der Waals surface area contributed by atoms with Gasteiger partial charge in [-0.2, -0.15) is 0 Å². The zero-order chi connectivity index (χ0) is 15.2. The van der Waals surface area contributed by atoms with Gasteiger partial charge in [-0.05, 0) is 19.0 Å². The molecule has 0 atom stereocenters. The molecule has 7 nitrogen and oxygen atoms in total. The van der Waals surface area contributed by atoms with Gasteiger partial charge in [0, 0.05) is 18.7 Å². The summed E-state index contributed by atoms with van der Waals surface area (Å²) in [6, 6.07) is 0. The van der Waals surface area contributed by atoms with E-state index in [-0.39, 0.29) is 6.79 Å². The van der Waals surface area contributed by atoms with Crippen molar-refractivity contribution >= 4 is 15.7 Å². The predicted molar refractivity (Wildman–Crippen MR) is 77.6 cm³/mol. The zero-order valence-corrected chi connectivity index (χ0v) is 13.0. The van der Waals surface area contributed by atoms with Gasteiger partial charge in [-0.15, -0.1) is 0 Å². The molecular formula is C13H18N2O5S. The van der Waals surface area contributed by atoms with Gasteiger partial charge >= 0.3 is 0 Å². The first-order valence-electron chi connectivity index (χ1n) is 6.58. The van der Waals surface area contributed by atoms with Crippen LogP contribution in [-0.4, -0.2) is 47.1 Å². The van der Waals surface area contributed by atoms with E-state index in [0.717, 1.165) is 30.3 Å². The Morgan fingerprint density at radius 1 is 1.24 bits per heavy atom. The first-order valence-corrected chi connectivity index (χ1v) is 8.47. The highest BCUT2D eigenvalue weighted by Crippen LogP contribution is 2.52. The van der Waals surface area contributed by atoms with E-state index in [0.29, 0.717) is 29.5 Å². The molecular weight excluding hydrogens is 296 g/mol. The van der Waals surface area contributed by atoms with Crippen LogP contribution in [0.3, 0.4) is 0 Å². The molecule has 0 amide bonds. The lowest BCUT2D eigenvalue weighted by Gasteiger charge is -2.29. The standard InChI is InChI=1S/C13H18N2O5S/c1-15-5-4-8-9(6-15)11(18-2)13-12(19-7-20-13)10(8)14-21(3,16)17/h14H,4-7H2,1-3H3. The highest BCUT2D eigenvalue weighted by molar-refractivity contribution is 7.92. The van der Waals surface area contributed by atoms with Crippen LogP contribution in [0.2, 0.25) is 0 Å². The largest absolute Gasteiger partial charge is 0.492 e. The average molecular weight is 314 g/mol. The summed E-state index contributed by atoms with van der Waals surface area (Å²) in [4.78, 5) is 2.15. The van der Waals surface area contributed by atoms with Crippen molar-refractivity contribution < 1.29 is 22.6 Å². The fraction of sp³-hybridized carbons (Fsp3) is 0.538. The van der Waals surface area contributed by atoms with Gasteiger partial charge in [-0.25, -0.2) is 8.42 Å². The third kappa shape index (κ3) is 2.49. The zero-order valence-electron chi connectivity index (χ0n) is 12.2. The molecule has 3 rings (SSSR count). The van der Waals surface area contributed by atoms with Crippen molar-refractivity contribution in [2.75, 3.05) is 38.5 Å². The van der Waals surface area contributed by atoms with Gasteiger partial charge in [0.05, 0.1) is 19.1 Å². The molecule has 2 heterocycles. The van der Waals surface area contributed by atoms with E-state index < -0.39 is 10.0 Å². The van der Waals surface area contributed by atoms with E-state index in [1.807, 2.05) is 7.05 Å². The van der Waals surface area contributed by atoms with Crippen LogP contribution in [0.5, 0.6) is 17.2 Å². The maximum absolute atomic E-state index is 11.7. The van der Waals surface area contributed by atoms with Crippen LogP contribution in [0, 0.1) is 0 Å². The van der Waals surface area contributed by atoms with E-state index in [1.54, 1.807) is 7.11 Å². The number of anilines is 1. The van der Waals surface area contributed by atoms with E-state index in [4.69, 9.17) is 14.2 Å². The summed E-state index contributed by atoms with van der Waals surface area (Å²) in [7, 11) is 0.184. The van der Waals surface area contributed by atoms with Gasteiger partial charge < -0.3 is 19.1 Å². The minimum atomic E-state index is -3.41. The Labute approximate surface area is 123 Å². The number of nitrogens with one attached hydrogen (secondary N) is 1. The van der Waals surface area contributed by atoms with Crippen LogP contribution in [0.4, 0.5) is 5.69 Å². The summed E-state index contributed by atoms with van der Waals surface area (Å²) in [6.45, 7) is 1.57. The van der Waals surface area contributed by atoms with Gasteiger partial charge in [0.2, 0.25) is 22.6 Å². The first kappa shape index (κ1) is 14.3. The number of benzene rings is 1. The summed E-state index contributed by atoms with van der Waals surface area (Å²) in [6.07, 6.45) is 1.84. The molecule has 0 bridgehead atoms. The maximum atomic E-state index is 11.7. The highest BCUT2D eigenvalue weighted by Gasteiger charge is 2.33. The van der Waals surface area contributed by atoms with Crippen LogP contribution in [0.25, 0.3) is 0 Å². The SMILES string of the molecule is COc1c2c(c(NS(C)(=O)=O)c3c1OCO3)CCN(C)C2. The van der Waals surface area contributed by atoms with Gasteiger partial charge in [0.15, 0.2) is 11.5 Å². The number of fused-ring (bicyclic) bond motifs is 2. The van der Waals surface area contributed by atoms with Crippen molar-refractivity contribution in [2.24, 2.45) is 0 Å². The second-order valence-corrected chi connectivity index (χ2v) is 7.04. The molecule has 0 radical (unpaired) electrons. The Morgan fingerprint density at radius 2 is 1.95 bits per heavy atom. The van der Waals surface area contributed by atoms with Crippen molar-refractivity contribution in [3.05, 3.63) is 11.1 Å². The minimum Gasteiger partial charge on any atom is -0.492 e. The van der Waals surface area contributed by atoms with Gasteiger partial charge in [-0.3, -0.25) is 4.72 Å². The molecule has 0 saturated heterocycles. The summed E-state index contributed by atoms with van der Waals surface area (Å²) in [5.74, 6) is 1.52. The average Bonchev–Trinajstić information content (AvgIpc) is 2.86. The van der Waals surface area contributed by atoms with Crippen LogP contribution in [0.15, 0.2) is 0 Å². The summed E-state index contributed by atoms with van der Waals surface area (Å²) >= 11 is 0. The summed E-state index contributed by atoms with van der Waals surface area (Å²) in [5, 5.41) is 0. The number of sulfonamides is 1. The lowest BCUT2D eigenvalue weighted by Crippen LogP contribution is -2.28. The van der Waals surface area contributed by atoms with Crippen molar-refractivity contribution in [1.29, 1.82) is 0 Å². The summed E-state index contributed by atoms with van der Waals surface area (Å²) < 4.78 is 42.3. The van der Waals surface area contributed by atoms with E-state index in [9.17, 15) is 8.42 Å². The molecule has 0 saturated carbocycles.